The average Bonchev–Trinajstić information content (AvgIpc) is 1.38. The molecule has 0 atom stereocenters. The van der Waals surface area contributed by atoms with Gasteiger partial charge >= 0.3 is 38.3 Å². The van der Waals surface area contributed by atoms with Crippen molar-refractivity contribution >= 4 is 20.2 Å². The Kier molecular flexibility index (Phi) is 2.24. The number of nitrogens with two attached hydrogens (primary N) is 1. The molecule has 5 heavy (non-hydrogen) atoms. The third-order valence-electron chi connectivity index (χ3n) is 0.246. The number of rotatable bonds is 1. The number of hydrogen-bond acceptors (Lipinski definition) is 2. The van der Waals surface area contributed by atoms with Gasteiger partial charge in [-0.05, 0) is 0 Å². The first-order valence-corrected chi connectivity index (χ1v) is 2.10. The fourth-order valence-corrected chi connectivity index (χ4v) is 0. The van der Waals surface area contributed by atoms with E-state index >= 15 is 0 Å². The van der Waals surface area contributed by atoms with Crippen molar-refractivity contribution < 1.29 is 0 Å². The second-order valence-corrected chi connectivity index (χ2v) is 1.54. The Labute approximate surface area is 39.1 Å². The molecule has 0 rings (SSSR count). The summed E-state index contributed by atoms with van der Waals surface area (Å²) in [5.74, 6) is 0. The molecule has 0 aromatic rings. The molecule has 0 bridgehead atoms. The van der Waals surface area contributed by atoms with Crippen LogP contribution in [0.2, 0.25) is 0 Å². The van der Waals surface area contributed by atoms with Crippen LogP contribution in [0.4, 0.5) is 0 Å². The molecular formula is C2H6N2Se. The van der Waals surface area contributed by atoms with Gasteiger partial charge in [-0.2, -0.15) is 0 Å². The van der Waals surface area contributed by atoms with Crippen molar-refractivity contribution in [3.05, 3.63) is 0 Å². The van der Waals surface area contributed by atoms with Crippen LogP contribution in [0.15, 0.2) is 0 Å². The van der Waals surface area contributed by atoms with Crippen molar-refractivity contribution in [3.63, 3.8) is 0 Å². The van der Waals surface area contributed by atoms with Gasteiger partial charge in [0.05, 0.1) is 0 Å². The number of hydrogen-bond donors (Lipinski definition) is 2. The third-order valence-corrected chi connectivity index (χ3v) is 0.675. The van der Waals surface area contributed by atoms with Gasteiger partial charge < -0.3 is 0 Å². The Bertz CT molecular complexity index is 42.9. The van der Waals surface area contributed by atoms with Gasteiger partial charge in [0.15, 0.2) is 0 Å². The first-order valence-electron chi connectivity index (χ1n) is 1.24. The van der Waals surface area contributed by atoms with Crippen molar-refractivity contribution in [3.8, 4) is 0 Å². The van der Waals surface area contributed by atoms with E-state index in [0.717, 1.165) is 0 Å². The van der Waals surface area contributed by atoms with Gasteiger partial charge in [0, 0.05) is 0 Å². The Morgan fingerprint density at radius 2 is 2.20 bits per heavy atom. The van der Waals surface area contributed by atoms with Gasteiger partial charge in [-0.1, -0.05) is 0 Å². The number of nitrogens with one attached hydrogen (secondary N) is 1. The van der Waals surface area contributed by atoms with Crippen LogP contribution in [0.1, 0.15) is 0 Å². The zero-order valence-corrected chi connectivity index (χ0v) is 4.70. The molecule has 3 N–H and O–H groups in total. The summed E-state index contributed by atoms with van der Waals surface area (Å²) in [6, 6.07) is 0. The Morgan fingerprint density at radius 1 is 2.00 bits per heavy atom. The van der Waals surface area contributed by atoms with E-state index in [2.05, 4.69) is 20.9 Å². The molecule has 0 saturated carbocycles. The zero-order chi connectivity index (χ0) is 4.28. The molecule has 30 valence electrons. The van der Waals surface area contributed by atoms with Gasteiger partial charge in [-0.3, -0.25) is 0 Å². The normalized spacial score (nSPS) is 6.60. The third kappa shape index (κ3) is 3.99. The van der Waals surface area contributed by atoms with Gasteiger partial charge in [0.25, 0.3) is 0 Å². The van der Waals surface area contributed by atoms with Gasteiger partial charge in [0.1, 0.15) is 0 Å². The van der Waals surface area contributed by atoms with Crippen LogP contribution in [0, 0.1) is 0 Å². The molecule has 0 saturated heterocycles. The molecule has 2 nitrogen and oxygen atoms in total. The zero-order valence-electron chi connectivity index (χ0n) is 2.99. The van der Waals surface area contributed by atoms with Crippen LogP contribution in [0.3, 0.4) is 0 Å². The van der Waals surface area contributed by atoms with E-state index in [1.807, 2.05) is 0 Å². The monoisotopic (exact) mass is 138 g/mol. The Morgan fingerprint density at radius 3 is 2.20 bits per heavy atom. The molecule has 0 radical (unpaired) electrons. The summed E-state index contributed by atoms with van der Waals surface area (Å²) in [4.78, 5) is 0. The summed E-state index contributed by atoms with van der Waals surface area (Å²) in [5.41, 5.74) is 5.04. The summed E-state index contributed by atoms with van der Waals surface area (Å²) < 4.78 is 0.630. The Balaban J connectivity index is 2.85. The fourth-order valence-electron chi connectivity index (χ4n) is 0. The van der Waals surface area contributed by atoms with Crippen LogP contribution in [-0.2, 0) is 0 Å². The van der Waals surface area contributed by atoms with Gasteiger partial charge in [-0.15, -0.1) is 0 Å². The van der Waals surface area contributed by atoms with E-state index in [9.17, 15) is 0 Å². The minimum absolute atomic E-state index is 0.630. The van der Waals surface area contributed by atoms with Crippen molar-refractivity contribution in [2.45, 2.75) is 0 Å². The molecule has 0 aromatic heterocycles. The SMILES string of the molecule is CNC(N)=[Se]. The van der Waals surface area contributed by atoms with Crippen molar-refractivity contribution in [1.82, 2.24) is 5.32 Å². The molecule has 0 fully saturated rings. The first kappa shape index (κ1) is 4.99. The molecule has 3 heteroatoms. The van der Waals surface area contributed by atoms with E-state index in [1.165, 1.54) is 0 Å². The van der Waals surface area contributed by atoms with E-state index < -0.39 is 0 Å². The van der Waals surface area contributed by atoms with Gasteiger partial charge in [-0.25, -0.2) is 0 Å². The fraction of sp³-hybridized carbons (Fsp3) is 0.500. The first-order chi connectivity index (χ1) is 2.27. The Hall–Kier alpha value is -0.0105. The van der Waals surface area contributed by atoms with E-state index in [4.69, 9.17) is 5.73 Å². The predicted molar refractivity (Wildman–Crippen MR) is 24.0 cm³/mol. The molecule has 0 amide bonds. The molecule has 0 unspecified atom stereocenters. The van der Waals surface area contributed by atoms with Crippen LogP contribution in [0.25, 0.3) is 0 Å². The topological polar surface area (TPSA) is 38.0 Å². The molecule has 0 aliphatic carbocycles. The molecular weight excluding hydrogens is 131 g/mol. The van der Waals surface area contributed by atoms with Crippen LogP contribution in [-0.4, -0.2) is 27.3 Å². The van der Waals surface area contributed by atoms with E-state index in [-0.39, 0.29) is 0 Å². The predicted octanol–water partition coefficient (Wildman–Crippen LogP) is -1.58. The van der Waals surface area contributed by atoms with Crippen LogP contribution >= 0.6 is 0 Å². The quantitative estimate of drug-likeness (QED) is 0.428. The van der Waals surface area contributed by atoms with E-state index in [0.29, 0.717) is 4.67 Å². The maximum atomic E-state index is 5.04. The molecule has 0 aliphatic rings. The minimum atomic E-state index is 0.630. The summed E-state index contributed by atoms with van der Waals surface area (Å²) in [6.45, 7) is 0. The second-order valence-electron chi connectivity index (χ2n) is 0.614. The van der Waals surface area contributed by atoms with Crippen LogP contribution in [0.5, 0.6) is 0 Å². The van der Waals surface area contributed by atoms with Crippen LogP contribution < -0.4 is 11.1 Å². The van der Waals surface area contributed by atoms with E-state index in [1.54, 1.807) is 7.05 Å². The molecule has 0 spiro atoms. The van der Waals surface area contributed by atoms with Crippen molar-refractivity contribution in [2.24, 2.45) is 5.73 Å². The standard InChI is InChI=1S/C2H6N2Se/c1-4-2(3)5/h1H3,(H3,3,4,5). The maximum absolute atomic E-state index is 5.04. The second kappa shape index (κ2) is 2.24. The summed E-state index contributed by atoms with van der Waals surface area (Å²) in [7, 11) is 1.76. The molecule has 0 aliphatic heterocycles. The van der Waals surface area contributed by atoms with Crippen molar-refractivity contribution in [1.29, 1.82) is 0 Å². The summed E-state index contributed by atoms with van der Waals surface area (Å²) in [6.07, 6.45) is 0. The summed E-state index contributed by atoms with van der Waals surface area (Å²) in [5, 5.41) is 2.67. The average molecular weight is 137 g/mol. The summed E-state index contributed by atoms with van der Waals surface area (Å²) >= 11 is 2.57. The van der Waals surface area contributed by atoms with Gasteiger partial charge in [0.2, 0.25) is 0 Å². The molecule has 0 aromatic carbocycles. The molecule has 0 heterocycles. The van der Waals surface area contributed by atoms with Crippen molar-refractivity contribution in [2.75, 3.05) is 7.05 Å².